The second kappa shape index (κ2) is 33.3. The zero-order chi connectivity index (χ0) is 67.4. The second-order valence-electron chi connectivity index (χ2n) is 26.9. The Morgan fingerprint density at radius 3 is 1.36 bits per heavy atom. The maximum absolute atomic E-state index is 15.3. The highest BCUT2D eigenvalue weighted by Gasteiger charge is 2.57. The first-order chi connectivity index (χ1) is 40.8. The summed E-state index contributed by atoms with van der Waals surface area (Å²) in [5.74, 6) is -8.17. The molecule has 4 bridgehead atoms. The van der Waals surface area contributed by atoms with Crippen molar-refractivity contribution in [3.63, 3.8) is 0 Å². The molecule has 4 rings (SSSR count). The lowest BCUT2D eigenvalue weighted by molar-refractivity contribution is -0.152. The molecule has 0 aliphatic carbocycles. The fourth-order valence-corrected chi connectivity index (χ4v) is 17.3. The van der Waals surface area contributed by atoms with Crippen molar-refractivity contribution in [1.82, 2.24) is 55.1 Å². The summed E-state index contributed by atoms with van der Waals surface area (Å²) < 4.78 is 0.685. The van der Waals surface area contributed by atoms with E-state index < -0.39 is 152 Å². The van der Waals surface area contributed by atoms with Gasteiger partial charge in [0.05, 0.1) is 9.97 Å². The van der Waals surface area contributed by atoms with Crippen LogP contribution in [0.1, 0.15) is 149 Å². The third kappa shape index (κ3) is 18.7. The number of carboxylic acids is 1. The maximum atomic E-state index is 15.3. The summed E-state index contributed by atoms with van der Waals surface area (Å²) in [6.45, 7) is 29.1. The number of likely N-dealkylation sites (N-methyl/N-ethyl adjacent to an activating group) is 7. The molecule has 2 unspecified atom stereocenters. The lowest BCUT2D eigenvalue weighted by Gasteiger charge is -2.41. The number of nitrogens with one attached hydrogen (secondary N) is 3. The van der Waals surface area contributed by atoms with E-state index in [2.05, 4.69) is 16.0 Å². The SMILES string of the molecule is C/C=C/C[C@@H]1[C@H]2I=C3[C@H](C(C)C)N(C)C(=O)[C@H](CC(C)C)N(C)C(=O)[C@H](CC(C)C)N(C)C(=O)[C@@H](C)NC(=O)[C@H](C)NC(=O)[C@H](CC(C)C)N(C)C(=O)[C@H](C(C)C)NC(=O)[C@H](CC(C)C)N(C)C(=O)C(C/C=C/C(=O)O)N(C)C(=O)[C@H](C)N1C(=O)C2N3C. The molecule has 10 amide bonds. The van der Waals surface area contributed by atoms with Gasteiger partial charge >= 0.3 is 5.97 Å². The minimum Gasteiger partial charge on any atom is -0.478 e. The van der Waals surface area contributed by atoms with Crippen LogP contribution in [0.25, 0.3) is 0 Å². The van der Waals surface area contributed by atoms with Crippen LogP contribution in [0.15, 0.2) is 24.3 Å². The van der Waals surface area contributed by atoms with E-state index in [0.29, 0.717) is 6.42 Å². The van der Waals surface area contributed by atoms with Gasteiger partial charge in [0.1, 0.15) is 60.4 Å². The van der Waals surface area contributed by atoms with Gasteiger partial charge in [0.15, 0.2) is 0 Å². The van der Waals surface area contributed by atoms with E-state index in [1.54, 1.807) is 44.7 Å². The lowest BCUT2D eigenvalue weighted by atomic mass is 9.95. The van der Waals surface area contributed by atoms with Crippen LogP contribution < -0.4 is 16.0 Å². The Bertz CT molecular complexity index is 2620. The average molecular weight is 1350 g/mol. The molecular formula is C64H108IN11O12. The minimum absolute atomic E-state index is 0.0534. The molecule has 0 spiro atoms. The quantitative estimate of drug-likeness (QED) is 0.0586. The van der Waals surface area contributed by atoms with Crippen molar-refractivity contribution >= 4 is 89.4 Å². The largest absolute Gasteiger partial charge is 0.478 e. The normalized spacial score (nSPS) is 29.4. The number of carbonyl (C=O) groups excluding carboxylic acids is 10. The van der Waals surface area contributed by atoms with Crippen LogP contribution >= 0.6 is 20.7 Å². The molecule has 2 fully saturated rings. The predicted octanol–water partition coefficient (Wildman–Crippen LogP) is 4.33. The number of halogens is 1. The van der Waals surface area contributed by atoms with Crippen LogP contribution in [-0.2, 0) is 52.7 Å². The van der Waals surface area contributed by atoms with Gasteiger partial charge in [-0.2, -0.15) is 0 Å². The standard InChI is InChI=1S/C64H108IN11O12/c1-24-25-27-43-50-53-64(88)76(43)42(16)59(83)69(17)44(28-26-29-49(77)78)60(84)70(18)46(31-35(4)5)57(81)68-51(38(10)11)63(87)71(19)45(30-34(2)3)56(80)66-40(14)55(79)67-41(15)58(82)72(20)47(32-36(6)7)61(85)73(21)48(33-37(8)9)62(86)75(23)52(39(12)13)54(65-50)74(53)22/h24-26,29,34-48,50-53H,27-28,30-33H2,1-23H3,(H,66,80)(H,67,79)(H,68,81)(H,77,78)/b25-24+,29-26+/t40-,41+,42-,43+,44?,45-,46-,47-,48-,50+,51-,52-,53?/m0/s1. The molecule has 4 heterocycles. The van der Waals surface area contributed by atoms with Crippen LogP contribution in [0.4, 0.5) is 0 Å². The highest BCUT2D eigenvalue weighted by molar-refractivity contribution is 14.2. The summed E-state index contributed by atoms with van der Waals surface area (Å²) in [6.07, 6.45) is 6.85. The van der Waals surface area contributed by atoms with Crippen molar-refractivity contribution in [3.8, 4) is 0 Å². The third-order valence-corrected chi connectivity index (χ3v) is 21.5. The van der Waals surface area contributed by atoms with Crippen molar-refractivity contribution in [3.05, 3.63) is 24.3 Å². The first-order valence-electron chi connectivity index (χ1n) is 31.3. The molecule has 0 aromatic heterocycles. The van der Waals surface area contributed by atoms with Crippen molar-refractivity contribution in [2.75, 3.05) is 49.3 Å². The van der Waals surface area contributed by atoms with E-state index in [1.165, 1.54) is 72.6 Å². The van der Waals surface area contributed by atoms with Gasteiger partial charge in [0.2, 0.25) is 59.1 Å². The molecule has 0 aromatic carbocycles. The molecule has 2 saturated heterocycles. The van der Waals surface area contributed by atoms with Crippen LogP contribution in [0.2, 0.25) is 0 Å². The zero-order valence-electron chi connectivity index (χ0n) is 56.9. The van der Waals surface area contributed by atoms with Crippen molar-refractivity contribution in [1.29, 1.82) is 0 Å². The van der Waals surface area contributed by atoms with E-state index in [9.17, 15) is 33.9 Å². The Kier molecular flexibility index (Phi) is 29.0. The van der Waals surface area contributed by atoms with E-state index in [1.807, 2.05) is 100 Å². The topological polar surface area (TPSA) is 270 Å². The monoisotopic (exact) mass is 1350 g/mol. The van der Waals surface area contributed by atoms with Gasteiger partial charge in [-0.25, -0.2) is 4.79 Å². The number of nitrogens with zero attached hydrogens (tertiary/aromatic N) is 8. The van der Waals surface area contributed by atoms with Gasteiger partial charge in [0, 0.05) is 58.0 Å². The van der Waals surface area contributed by atoms with Crippen LogP contribution in [0.5, 0.6) is 0 Å². The molecular weight excluding hydrogens is 1240 g/mol. The molecule has 0 radical (unpaired) electrons. The van der Waals surface area contributed by atoms with Crippen molar-refractivity contribution < 1.29 is 57.8 Å². The van der Waals surface area contributed by atoms with E-state index in [-0.39, 0.29) is 77.4 Å². The second-order valence-corrected chi connectivity index (χ2v) is 30.0. The number of hydrogen-bond donors (Lipinski definition) is 4. The summed E-state index contributed by atoms with van der Waals surface area (Å²) in [6, 6.07) is -12.2. The lowest BCUT2D eigenvalue weighted by Crippen LogP contribution is -2.61. The number of amides is 10. The van der Waals surface area contributed by atoms with Crippen molar-refractivity contribution in [2.45, 2.75) is 226 Å². The first kappa shape index (κ1) is 76.5. The molecule has 498 valence electrons. The van der Waals surface area contributed by atoms with Crippen LogP contribution in [0.3, 0.4) is 0 Å². The zero-order valence-corrected chi connectivity index (χ0v) is 59.1. The molecule has 4 aliphatic heterocycles. The van der Waals surface area contributed by atoms with Gasteiger partial charge in [-0.3, -0.25) is 52.8 Å². The highest BCUT2D eigenvalue weighted by atomic mass is 127. The van der Waals surface area contributed by atoms with E-state index in [4.69, 9.17) is 0 Å². The molecule has 24 heteroatoms. The number of aliphatic carboxylic acids is 1. The summed E-state index contributed by atoms with van der Waals surface area (Å²) in [5, 5.41) is 18.0. The summed E-state index contributed by atoms with van der Waals surface area (Å²) in [4.78, 5) is 172. The fourth-order valence-electron chi connectivity index (χ4n) is 12.1. The summed E-state index contributed by atoms with van der Waals surface area (Å²) in [7, 11) is 10.9. The summed E-state index contributed by atoms with van der Waals surface area (Å²) >= 11 is -1.06. The predicted molar refractivity (Wildman–Crippen MR) is 349 cm³/mol. The number of rotatable bonds is 15. The molecule has 4 aliphatic rings. The smallest absolute Gasteiger partial charge is 0.327 e. The molecule has 23 nitrogen and oxygen atoms in total. The van der Waals surface area contributed by atoms with Gasteiger partial charge in [0.25, 0.3) is 0 Å². The number of allylic oxidation sites excluding steroid dienone is 1. The van der Waals surface area contributed by atoms with Gasteiger partial charge in [-0.1, -0.05) is 122 Å². The number of hydrogen-bond acceptors (Lipinski definition) is 12. The average Bonchev–Trinajstić information content (AvgIpc) is 1.95. The Morgan fingerprint density at radius 2 is 0.898 bits per heavy atom. The third-order valence-electron chi connectivity index (χ3n) is 17.2. The molecule has 13 atom stereocenters. The maximum Gasteiger partial charge on any atom is 0.327 e. The fraction of sp³-hybridized carbons (Fsp3) is 0.750. The molecule has 4 N–H and O–H groups in total. The number of carbonyl (C=O) groups is 11. The number of carboxylic acid groups (broad SMARTS) is 1. The van der Waals surface area contributed by atoms with E-state index in [0.717, 1.165) is 9.71 Å². The number of alkyl halides is 1. The summed E-state index contributed by atoms with van der Waals surface area (Å²) in [5.41, 5.74) is 0. The Hall–Kier alpha value is -5.79. The van der Waals surface area contributed by atoms with Gasteiger partial charge in [-0.15, -0.1) is 0 Å². The van der Waals surface area contributed by atoms with Crippen LogP contribution in [-0.4, -0.2) is 239 Å². The Labute approximate surface area is 534 Å². The van der Waals surface area contributed by atoms with E-state index >= 15 is 24.0 Å². The molecule has 0 aromatic rings. The molecule has 0 saturated carbocycles. The Balaban J connectivity index is 2.39. The number of fused-ring (bicyclic) bond motifs is 27. The van der Waals surface area contributed by atoms with Gasteiger partial charge < -0.3 is 55.4 Å². The Morgan fingerprint density at radius 1 is 0.477 bits per heavy atom. The first-order valence-corrected chi connectivity index (χ1v) is 33.7. The van der Waals surface area contributed by atoms with Crippen LogP contribution in [0, 0.1) is 35.5 Å². The van der Waals surface area contributed by atoms with Crippen molar-refractivity contribution in [2.24, 2.45) is 35.5 Å². The van der Waals surface area contributed by atoms with Gasteiger partial charge in [-0.05, 0) is 109 Å². The minimum atomic E-state index is -1.37. The highest BCUT2D eigenvalue weighted by Crippen LogP contribution is 2.44. The molecule has 88 heavy (non-hydrogen) atoms.